The lowest BCUT2D eigenvalue weighted by atomic mass is 10.1. The van der Waals surface area contributed by atoms with E-state index in [-0.39, 0.29) is 4.48 Å². The van der Waals surface area contributed by atoms with Crippen LogP contribution in [0.25, 0.3) is 6.08 Å². The number of methoxy groups -OCH3 is 1. The Morgan fingerprint density at radius 2 is 2.05 bits per heavy atom. The molecule has 0 saturated heterocycles. The molecule has 0 heterocycles. The molecule has 5 nitrogen and oxygen atoms in total. The first kappa shape index (κ1) is 15.2. The van der Waals surface area contributed by atoms with Crippen LogP contribution in [0, 0.1) is 0 Å². The fraction of sp³-hybridized carbons (Fsp3) is 0.231. The Labute approximate surface area is 119 Å². The number of rotatable bonds is 4. The fourth-order valence-corrected chi connectivity index (χ4v) is 1.65. The number of ether oxygens (including phenoxy) is 2. The first-order chi connectivity index (χ1) is 9.08. The number of hydrogen-bond acceptors (Lipinski definition) is 4. The smallest absolute Gasteiger partial charge is 0.411 e. The lowest BCUT2D eigenvalue weighted by Gasteiger charge is -2.07. The number of para-hydroxylation sites is 1. The molecule has 19 heavy (non-hydrogen) atoms. The fourth-order valence-electron chi connectivity index (χ4n) is 1.29. The molecular formula is C13H14BrNO4. The summed E-state index contributed by atoms with van der Waals surface area (Å²) in [5, 5.41) is 2.56. The van der Waals surface area contributed by atoms with Gasteiger partial charge in [-0.25, -0.2) is 9.59 Å². The zero-order chi connectivity index (χ0) is 14.3. The number of benzene rings is 1. The molecule has 1 rings (SSSR count). The van der Waals surface area contributed by atoms with Gasteiger partial charge in [0.1, 0.15) is 4.48 Å². The molecule has 1 N–H and O–H groups in total. The summed E-state index contributed by atoms with van der Waals surface area (Å²) in [6, 6.07) is 7.01. The molecule has 0 unspecified atom stereocenters. The molecule has 0 bridgehead atoms. The Balaban J connectivity index is 2.97. The number of halogens is 1. The summed E-state index contributed by atoms with van der Waals surface area (Å²) >= 11 is 3.14. The third-order valence-electron chi connectivity index (χ3n) is 2.14. The van der Waals surface area contributed by atoms with E-state index in [1.54, 1.807) is 37.3 Å². The third-order valence-corrected chi connectivity index (χ3v) is 2.69. The van der Waals surface area contributed by atoms with Crippen molar-refractivity contribution >= 4 is 39.8 Å². The molecule has 1 amide bonds. The Bertz CT molecular complexity index is 499. The maximum atomic E-state index is 11.5. The molecule has 0 fully saturated rings. The van der Waals surface area contributed by atoms with Crippen LogP contribution in [0.3, 0.4) is 0 Å². The molecule has 0 aliphatic rings. The Morgan fingerprint density at radius 3 is 2.68 bits per heavy atom. The van der Waals surface area contributed by atoms with Crippen molar-refractivity contribution in [1.29, 1.82) is 0 Å². The largest absolute Gasteiger partial charge is 0.462 e. The maximum Gasteiger partial charge on any atom is 0.411 e. The van der Waals surface area contributed by atoms with Gasteiger partial charge in [-0.1, -0.05) is 18.2 Å². The molecule has 0 radical (unpaired) electrons. The van der Waals surface area contributed by atoms with E-state index in [2.05, 4.69) is 26.0 Å². The van der Waals surface area contributed by atoms with Crippen LogP contribution in [-0.2, 0) is 14.3 Å². The van der Waals surface area contributed by atoms with Gasteiger partial charge in [-0.05, 0) is 40.6 Å². The van der Waals surface area contributed by atoms with E-state index < -0.39 is 12.1 Å². The van der Waals surface area contributed by atoms with Crippen LogP contribution in [0.1, 0.15) is 12.5 Å². The van der Waals surface area contributed by atoms with Crippen molar-refractivity contribution in [2.24, 2.45) is 0 Å². The van der Waals surface area contributed by atoms with E-state index in [4.69, 9.17) is 4.74 Å². The van der Waals surface area contributed by atoms with Crippen LogP contribution in [0.5, 0.6) is 0 Å². The molecule has 0 aliphatic heterocycles. The Kier molecular flexibility index (Phi) is 6.08. The first-order valence-corrected chi connectivity index (χ1v) is 6.36. The monoisotopic (exact) mass is 327 g/mol. The van der Waals surface area contributed by atoms with Gasteiger partial charge < -0.3 is 9.47 Å². The van der Waals surface area contributed by atoms with Crippen molar-refractivity contribution in [3.05, 3.63) is 34.3 Å². The summed E-state index contributed by atoms with van der Waals surface area (Å²) in [5.74, 6) is -0.463. The minimum absolute atomic E-state index is 0.272. The minimum Gasteiger partial charge on any atom is -0.462 e. The summed E-state index contributed by atoms with van der Waals surface area (Å²) in [4.78, 5) is 22.7. The van der Waals surface area contributed by atoms with Crippen molar-refractivity contribution in [2.45, 2.75) is 6.92 Å². The molecule has 0 spiro atoms. The van der Waals surface area contributed by atoms with Gasteiger partial charge in [0.2, 0.25) is 0 Å². The number of nitrogens with one attached hydrogen (secondary N) is 1. The predicted octanol–water partition coefficient (Wildman–Crippen LogP) is 3.16. The quantitative estimate of drug-likeness (QED) is 0.681. The lowest BCUT2D eigenvalue weighted by Crippen LogP contribution is -2.12. The van der Waals surface area contributed by atoms with E-state index in [9.17, 15) is 9.59 Å². The SMILES string of the molecule is CCOC(=O)/C(Br)=C/c1ccccc1NC(=O)OC. The van der Waals surface area contributed by atoms with Crippen molar-refractivity contribution < 1.29 is 19.1 Å². The van der Waals surface area contributed by atoms with Crippen molar-refractivity contribution in [3.8, 4) is 0 Å². The highest BCUT2D eigenvalue weighted by Gasteiger charge is 2.09. The maximum absolute atomic E-state index is 11.5. The molecule has 6 heteroatoms. The van der Waals surface area contributed by atoms with E-state index >= 15 is 0 Å². The summed E-state index contributed by atoms with van der Waals surface area (Å²) in [7, 11) is 1.28. The van der Waals surface area contributed by atoms with Crippen LogP contribution in [0.2, 0.25) is 0 Å². The molecule has 0 aliphatic carbocycles. The Morgan fingerprint density at radius 1 is 1.37 bits per heavy atom. The molecule has 0 atom stereocenters. The standard InChI is InChI=1S/C13H14BrNO4/c1-3-19-12(16)10(14)8-9-6-4-5-7-11(9)15-13(17)18-2/h4-8H,3H2,1-2H3,(H,15,17)/b10-8-. The number of anilines is 1. The highest BCUT2D eigenvalue weighted by atomic mass is 79.9. The van der Waals surface area contributed by atoms with Crippen LogP contribution in [0.15, 0.2) is 28.7 Å². The van der Waals surface area contributed by atoms with Crippen molar-refractivity contribution in [1.82, 2.24) is 0 Å². The molecule has 1 aromatic carbocycles. The summed E-state index contributed by atoms with van der Waals surface area (Å²) in [6.45, 7) is 2.02. The van der Waals surface area contributed by atoms with Gasteiger partial charge in [-0.15, -0.1) is 0 Å². The second kappa shape index (κ2) is 7.58. The van der Waals surface area contributed by atoms with Gasteiger partial charge >= 0.3 is 12.1 Å². The number of carbonyl (C=O) groups excluding carboxylic acids is 2. The van der Waals surface area contributed by atoms with Crippen molar-refractivity contribution in [3.63, 3.8) is 0 Å². The zero-order valence-corrected chi connectivity index (χ0v) is 12.2. The first-order valence-electron chi connectivity index (χ1n) is 5.56. The van der Waals surface area contributed by atoms with Gasteiger partial charge in [0, 0.05) is 0 Å². The normalized spacial score (nSPS) is 10.8. The highest BCUT2D eigenvalue weighted by Crippen LogP contribution is 2.21. The van der Waals surface area contributed by atoms with Crippen LogP contribution in [-0.4, -0.2) is 25.8 Å². The van der Waals surface area contributed by atoms with E-state index in [1.165, 1.54) is 7.11 Å². The number of hydrogen-bond donors (Lipinski definition) is 1. The zero-order valence-electron chi connectivity index (χ0n) is 10.6. The molecule has 0 aromatic heterocycles. The van der Waals surface area contributed by atoms with Crippen LogP contribution in [0.4, 0.5) is 10.5 Å². The van der Waals surface area contributed by atoms with E-state index in [1.807, 2.05) is 0 Å². The van der Waals surface area contributed by atoms with Crippen LogP contribution >= 0.6 is 15.9 Å². The third kappa shape index (κ3) is 4.75. The number of amides is 1. The average Bonchev–Trinajstić information content (AvgIpc) is 2.41. The van der Waals surface area contributed by atoms with Gasteiger partial charge in [-0.3, -0.25) is 5.32 Å². The second-order valence-electron chi connectivity index (χ2n) is 3.42. The highest BCUT2D eigenvalue weighted by molar-refractivity contribution is 9.12. The van der Waals surface area contributed by atoms with Gasteiger partial charge in [-0.2, -0.15) is 0 Å². The molecule has 102 valence electrons. The van der Waals surface area contributed by atoms with E-state index in [0.29, 0.717) is 17.9 Å². The lowest BCUT2D eigenvalue weighted by molar-refractivity contribution is -0.137. The van der Waals surface area contributed by atoms with Gasteiger partial charge in [0.25, 0.3) is 0 Å². The molecular weight excluding hydrogens is 314 g/mol. The summed E-state index contributed by atoms with van der Waals surface area (Å²) < 4.78 is 9.65. The molecule has 0 saturated carbocycles. The van der Waals surface area contributed by atoms with Gasteiger partial charge in [0.05, 0.1) is 19.4 Å². The van der Waals surface area contributed by atoms with Crippen molar-refractivity contribution in [2.75, 3.05) is 19.0 Å². The predicted molar refractivity (Wildman–Crippen MR) is 76.0 cm³/mol. The van der Waals surface area contributed by atoms with E-state index in [0.717, 1.165) is 0 Å². The minimum atomic E-state index is -0.576. The summed E-state index contributed by atoms with van der Waals surface area (Å²) in [5.41, 5.74) is 1.20. The topological polar surface area (TPSA) is 64.6 Å². The molecule has 1 aromatic rings. The Hall–Kier alpha value is -1.82. The average molecular weight is 328 g/mol. The van der Waals surface area contributed by atoms with Gasteiger partial charge in [0.15, 0.2) is 0 Å². The number of carbonyl (C=O) groups is 2. The number of esters is 1. The summed E-state index contributed by atoms with van der Waals surface area (Å²) in [6.07, 6.45) is 0.997. The second-order valence-corrected chi connectivity index (χ2v) is 4.27. The van der Waals surface area contributed by atoms with Crippen LogP contribution < -0.4 is 5.32 Å².